The third-order valence-corrected chi connectivity index (χ3v) is 2.09. The van der Waals surface area contributed by atoms with Gasteiger partial charge < -0.3 is 10.6 Å². The van der Waals surface area contributed by atoms with E-state index >= 15 is 0 Å². The Morgan fingerprint density at radius 1 is 1.46 bits per heavy atom. The van der Waals surface area contributed by atoms with E-state index in [0.717, 1.165) is 0 Å². The van der Waals surface area contributed by atoms with E-state index in [2.05, 4.69) is 5.32 Å². The van der Waals surface area contributed by atoms with E-state index in [4.69, 9.17) is 0 Å². The molecule has 0 aliphatic carbocycles. The summed E-state index contributed by atoms with van der Waals surface area (Å²) < 4.78 is 35.4. The molecule has 1 heterocycles. The summed E-state index contributed by atoms with van der Waals surface area (Å²) in [5.41, 5.74) is 0. The highest BCUT2D eigenvalue weighted by molar-refractivity contribution is 5.82. The number of nitrogens with one attached hydrogen (secondary N) is 2. The smallest absolute Gasteiger partial charge is 0.344 e. The van der Waals surface area contributed by atoms with Crippen LogP contribution in [-0.2, 0) is 4.79 Å². The summed E-state index contributed by atoms with van der Waals surface area (Å²) in [6, 6.07) is -0.408. The average molecular weight is 196 g/mol. The molecule has 0 bridgehead atoms. The first kappa shape index (κ1) is 10.3. The highest BCUT2D eigenvalue weighted by Gasteiger charge is 2.40. The molecule has 6 heteroatoms. The molecule has 2 N–H and O–H groups in total. The SMILES string of the molecule is C[C@H]1CNC[C@H]1NC(=O)C(F)(F)F. The summed E-state index contributed by atoms with van der Waals surface area (Å²) >= 11 is 0. The largest absolute Gasteiger partial charge is 0.471 e. The van der Waals surface area contributed by atoms with Gasteiger partial charge in [0.15, 0.2) is 0 Å². The summed E-state index contributed by atoms with van der Waals surface area (Å²) in [4.78, 5) is 10.5. The van der Waals surface area contributed by atoms with Gasteiger partial charge >= 0.3 is 12.1 Å². The zero-order valence-corrected chi connectivity index (χ0v) is 7.11. The molecule has 0 unspecified atom stereocenters. The Bertz CT molecular complexity index is 204. The van der Waals surface area contributed by atoms with Gasteiger partial charge in [0.05, 0.1) is 0 Å². The van der Waals surface area contributed by atoms with E-state index in [1.165, 1.54) is 0 Å². The molecule has 0 saturated carbocycles. The van der Waals surface area contributed by atoms with Crippen molar-refractivity contribution in [3.8, 4) is 0 Å². The summed E-state index contributed by atoms with van der Waals surface area (Å²) in [7, 11) is 0. The van der Waals surface area contributed by atoms with Gasteiger partial charge in [-0.2, -0.15) is 13.2 Å². The molecule has 1 rings (SSSR count). The first-order valence-corrected chi connectivity index (χ1v) is 3.99. The molecule has 1 fully saturated rings. The molecular weight excluding hydrogens is 185 g/mol. The lowest BCUT2D eigenvalue weighted by molar-refractivity contribution is -0.174. The van der Waals surface area contributed by atoms with Crippen molar-refractivity contribution in [1.29, 1.82) is 0 Å². The van der Waals surface area contributed by atoms with Crippen molar-refractivity contribution in [2.45, 2.75) is 19.1 Å². The molecule has 0 radical (unpaired) electrons. The topological polar surface area (TPSA) is 41.1 Å². The second-order valence-electron chi connectivity index (χ2n) is 3.21. The van der Waals surface area contributed by atoms with E-state index in [9.17, 15) is 18.0 Å². The van der Waals surface area contributed by atoms with Gasteiger partial charge in [0, 0.05) is 12.6 Å². The Morgan fingerprint density at radius 3 is 2.46 bits per heavy atom. The normalized spacial score (nSPS) is 28.9. The first-order valence-electron chi connectivity index (χ1n) is 3.99. The number of carbonyl (C=O) groups is 1. The van der Waals surface area contributed by atoms with Gasteiger partial charge in [0.1, 0.15) is 0 Å². The lowest BCUT2D eigenvalue weighted by atomic mass is 10.1. The molecule has 0 aromatic heterocycles. The van der Waals surface area contributed by atoms with Crippen LogP contribution in [0.1, 0.15) is 6.92 Å². The summed E-state index contributed by atoms with van der Waals surface area (Å²) in [5.74, 6) is -1.81. The van der Waals surface area contributed by atoms with Crippen molar-refractivity contribution in [3.63, 3.8) is 0 Å². The molecule has 3 nitrogen and oxygen atoms in total. The van der Waals surface area contributed by atoms with Gasteiger partial charge in [-0.3, -0.25) is 4.79 Å². The van der Waals surface area contributed by atoms with E-state index < -0.39 is 18.1 Å². The highest BCUT2D eigenvalue weighted by atomic mass is 19.4. The quantitative estimate of drug-likeness (QED) is 0.632. The zero-order valence-electron chi connectivity index (χ0n) is 7.11. The monoisotopic (exact) mass is 196 g/mol. The maximum atomic E-state index is 11.8. The molecule has 1 amide bonds. The number of alkyl halides is 3. The van der Waals surface area contributed by atoms with Crippen LogP contribution in [0, 0.1) is 5.92 Å². The van der Waals surface area contributed by atoms with Crippen LogP contribution in [0.4, 0.5) is 13.2 Å². The fourth-order valence-electron chi connectivity index (χ4n) is 1.25. The fraction of sp³-hybridized carbons (Fsp3) is 0.857. The van der Waals surface area contributed by atoms with Crippen molar-refractivity contribution < 1.29 is 18.0 Å². The lowest BCUT2D eigenvalue weighted by Gasteiger charge is -2.16. The Labute approximate surface area is 73.7 Å². The van der Waals surface area contributed by atoms with Crippen molar-refractivity contribution in [2.24, 2.45) is 5.92 Å². The highest BCUT2D eigenvalue weighted by Crippen LogP contribution is 2.16. The molecule has 0 aromatic rings. The number of hydrogen-bond acceptors (Lipinski definition) is 2. The van der Waals surface area contributed by atoms with E-state index in [-0.39, 0.29) is 5.92 Å². The second kappa shape index (κ2) is 3.53. The van der Waals surface area contributed by atoms with Crippen LogP contribution in [0.25, 0.3) is 0 Å². The van der Waals surface area contributed by atoms with Crippen LogP contribution in [0.15, 0.2) is 0 Å². The fourth-order valence-corrected chi connectivity index (χ4v) is 1.25. The van der Waals surface area contributed by atoms with Crippen molar-refractivity contribution in [3.05, 3.63) is 0 Å². The maximum Gasteiger partial charge on any atom is 0.471 e. The van der Waals surface area contributed by atoms with Crippen molar-refractivity contribution in [2.75, 3.05) is 13.1 Å². The predicted molar refractivity (Wildman–Crippen MR) is 40.0 cm³/mol. The van der Waals surface area contributed by atoms with Crippen LogP contribution in [0.3, 0.4) is 0 Å². The third-order valence-electron chi connectivity index (χ3n) is 2.09. The minimum atomic E-state index is -4.78. The molecule has 2 atom stereocenters. The molecular formula is C7H11F3N2O. The van der Waals surface area contributed by atoms with Gasteiger partial charge in [0.25, 0.3) is 0 Å². The Balaban J connectivity index is 2.45. The molecule has 76 valence electrons. The Morgan fingerprint density at radius 2 is 2.08 bits per heavy atom. The summed E-state index contributed by atoms with van der Waals surface area (Å²) in [6.45, 7) is 2.84. The predicted octanol–water partition coefficient (Wildman–Crippen LogP) is 0.273. The maximum absolute atomic E-state index is 11.8. The minimum Gasteiger partial charge on any atom is -0.344 e. The van der Waals surface area contributed by atoms with Crippen LogP contribution < -0.4 is 10.6 Å². The molecule has 1 aliphatic rings. The summed E-state index contributed by atoms with van der Waals surface area (Å²) in [6.07, 6.45) is -4.78. The van der Waals surface area contributed by atoms with Gasteiger partial charge in [-0.25, -0.2) is 0 Å². The van der Waals surface area contributed by atoms with Crippen LogP contribution in [0.5, 0.6) is 0 Å². The molecule has 0 spiro atoms. The van der Waals surface area contributed by atoms with E-state index in [0.29, 0.717) is 13.1 Å². The van der Waals surface area contributed by atoms with E-state index in [1.54, 1.807) is 6.92 Å². The summed E-state index contributed by atoms with van der Waals surface area (Å²) in [5, 5.41) is 4.84. The molecule has 1 saturated heterocycles. The molecule has 13 heavy (non-hydrogen) atoms. The molecule has 1 aliphatic heterocycles. The Hall–Kier alpha value is -0.780. The second-order valence-corrected chi connectivity index (χ2v) is 3.21. The zero-order chi connectivity index (χ0) is 10.1. The van der Waals surface area contributed by atoms with Crippen molar-refractivity contribution >= 4 is 5.91 Å². The first-order chi connectivity index (χ1) is 5.91. The standard InChI is InChI=1S/C7H11F3N2O/c1-4-2-11-3-5(4)12-6(13)7(8,9)10/h4-5,11H,2-3H2,1H3,(H,12,13)/t4-,5+/m0/s1. The minimum absolute atomic E-state index is 0.0475. The average Bonchev–Trinajstić information content (AvgIpc) is 2.34. The number of amides is 1. The third kappa shape index (κ3) is 2.58. The number of rotatable bonds is 1. The number of carbonyl (C=O) groups excluding carboxylic acids is 1. The molecule has 0 aromatic carbocycles. The number of halogens is 3. The Kier molecular flexibility index (Phi) is 2.80. The van der Waals surface area contributed by atoms with E-state index in [1.807, 2.05) is 5.32 Å². The van der Waals surface area contributed by atoms with Gasteiger partial charge in [-0.1, -0.05) is 6.92 Å². The van der Waals surface area contributed by atoms with Crippen LogP contribution in [0.2, 0.25) is 0 Å². The lowest BCUT2D eigenvalue weighted by Crippen LogP contribution is -2.46. The van der Waals surface area contributed by atoms with Crippen molar-refractivity contribution in [1.82, 2.24) is 10.6 Å². The van der Waals surface area contributed by atoms with Gasteiger partial charge in [-0.05, 0) is 12.5 Å². The van der Waals surface area contributed by atoms with Gasteiger partial charge in [0.2, 0.25) is 0 Å². The number of hydrogen-bond donors (Lipinski definition) is 2. The van der Waals surface area contributed by atoms with Crippen LogP contribution in [-0.4, -0.2) is 31.2 Å². The van der Waals surface area contributed by atoms with Gasteiger partial charge in [-0.15, -0.1) is 0 Å². The van der Waals surface area contributed by atoms with Crippen LogP contribution >= 0.6 is 0 Å².